The number of benzene rings is 1. The first kappa shape index (κ1) is 15.9. The summed E-state index contributed by atoms with van der Waals surface area (Å²) in [7, 11) is 1.64. The fraction of sp³-hybridized carbons (Fsp3) is 0.467. The standard InChI is InChI=1S/C15H19NO4S/c1-16(13-8-20-7-12(13)15(18)19)14(17)11-5-3-4-10(6-11)9-21-2/h3-6,12-13H,7-9H2,1-2H3,(H,18,19). The Kier molecular flexibility index (Phi) is 5.25. The van der Waals surface area contributed by atoms with Crippen LogP contribution in [0.3, 0.4) is 0 Å². The van der Waals surface area contributed by atoms with E-state index in [0.717, 1.165) is 11.3 Å². The first-order valence-corrected chi connectivity index (χ1v) is 8.09. The Labute approximate surface area is 128 Å². The number of nitrogens with zero attached hydrogens (tertiary/aromatic N) is 1. The van der Waals surface area contributed by atoms with Gasteiger partial charge in [-0.2, -0.15) is 11.8 Å². The molecule has 2 rings (SSSR count). The summed E-state index contributed by atoms with van der Waals surface area (Å²) in [5.74, 6) is -0.906. The molecule has 1 fully saturated rings. The highest BCUT2D eigenvalue weighted by Gasteiger charge is 2.38. The van der Waals surface area contributed by atoms with E-state index in [4.69, 9.17) is 4.74 Å². The van der Waals surface area contributed by atoms with Crippen LogP contribution in [0.5, 0.6) is 0 Å². The topological polar surface area (TPSA) is 66.8 Å². The molecule has 1 aliphatic rings. The Morgan fingerprint density at radius 3 is 2.86 bits per heavy atom. The summed E-state index contributed by atoms with van der Waals surface area (Å²) in [6.07, 6.45) is 2.01. The SMILES string of the molecule is CSCc1cccc(C(=O)N(C)C2COCC2C(=O)O)c1. The highest BCUT2D eigenvalue weighted by atomic mass is 32.2. The first-order chi connectivity index (χ1) is 10.0. The number of hydrogen-bond donors (Lipinski definition) is 1. The van der Waals surface area contributed by atoms with Gasteiger partial charge in [0, 0.05) is 18.4 Å². The van der Waals surface area contributed by atoms with Gasteiger partial charge in [-0.05, 0) is 24.0 Å². The zero-order chi connectivity index (χ0) is 15.4. The maximum atomic E-state index is 12.5. The van der Waals surface area contributed by atoms with Gasteiger partial charge >= 0.3 is 5.97 Å². The lowest BCUT2D eigenvalue weighted by Gasteiger charge is -2.26. The number of ether oxygens (including phenoxy) is 1. The lowest BCUT2D eigenvalue weighted by Crippen LogP contribution is -2.44. The van der Waals surface area contributed by atoms with E-state index in [2.05, 4.69) is 0 Å². The fourth-order valence-corrected chi connectivity index (χ4v) is 2.99. The third-order valence-electron chi connectivity index (χ3n) is 3.67. The van der Waals surface area contributed by atoms with Crippen molar-refractivity contribution in [2.45, 2.75) is 11.8 Å². The molecule has 5 nitrogen and oxygen atoms in total. The quantitative estimate of drug-likeness (QED) is 0.897. The van der Waals surface area contributed by atoms with Crippen molar-refractivity contribution in [2.75, 3.05) is 26.5 Å². The van der Waals surface area contributed by atoms with Gasteiger partial charge in [0.1, 0.15) is 5.92 Å². The van der Waals surface area contributed by atoms with Crippen LogP contribution in [0.2, 0.25) is 0 Å². The molecule has 1 amide bonds. The summed E-state index contributed by atoms with van der Waals surface area (Å²) in [5, 5.41) is 9.18. The van der Waals surface area contributed by atoms with Crippen LogP contribution in [0.25, 0.3) is 0 Å². The van der Waals surface area contributed by atoms with Gasteiger partial charge in [0.2, 0.25) is 0 Å². The van der Waals surface area contributed by atoms with Gasteiger partial charge in [0.25, 0.3) is 5.91 Å². The Balaban J connectivity index is 2.15. The minimum absolute atomic E-state index is 0.157. The lowest BCUT2D eigenvalue weighted by atomic mass is 10.0. The molecule has 6 heteroatoms. The van der Waals surface area contributed by atoms with Crippen molar-refractivity contribution in [1.82, 2.24) is 4.90 Å². The maximum Gasteiger partial charge on any atom is 0.311 e. The van der Waals surface area contributed by atoms with Crippen LogP contribution in [0.15, 0.2) is 24.3 Å². The number of carboxylic acids is 1. The number of rotatable bonds is 5. The van der Waals surface area contributed by atoms with Gasteiger partial charge in [-0.3, -0.25) is 9.59 Å². The van der Waals surface area contributed by atoms with Crippen molar-refractivity contribution in [1.29, 1.82) is 0 Å². The molecule has 0 radical (unpaired) electrons. The number of aliphatic carboxylic acids is 1. The van der Waals surface area contributed by atoms with E-state index in [-0.39, 0.29) is 19.1 Å². The van der Waals surface area contributed by atoms with Gasteiger partial charge in [-0.15, -0.1) is 0 Å². The number of carbonyl (C=O) groups excluding carboxylic acids is 1. The molecule has 2 atom stereocenters. The van der Waals surface area contributed by atoms with Crippen molar-refractivity contribution in [3.05, 3.63) is 35.4 Å². The predicted molar refractivity (Wildman–Crippen MR) is 81.5 cm³/mol. The Bertz CT molecular complexity index is 534. The molecular formula is C15H19NO4S. The van der Waals surface area contributed by atoms with Crippen LogP contribution in [0.1, 0.15) is 15.9 Å². The third-order valence-corrected chi connectivity index (χ3v) is 4.29. The van der Waals surface area contributed by atoms with E-state index in [1.54, 1.807) is 24.9 Å². The summed E-state index contributed by atoms with van der Waals surface area (Å²) in [6, 6.07) is 7.03. The molecule has 0 aromatic heterocycles. The molecule has 1 aromatic rings. The zero-order valence-electron chi connectivity index (χ0n) is 12.1. The van der Waals surface area contributed by atoms with Gasteiger partial charge in [0.05, 0.1) is 19.3 Å². The van der Waals surface area contributed by atoms with Gasteiger partial charge in [-0.25, -0.2) is 0 Å². The number of likely N-dealkylation sites (N-methyl/N-ethyl adjacent to an activating group) is 1. The average Bonchev–Trinajstić information content (AvgIpc) is 2.96. The number of amides is 1. The molecule has 114 valence electrons. The summed E-state index contributed by atoms with van der Waals surface area (Å²) in [5.41, 5.74) is 1.67. The minimum atomic E-state index is -0.923. The normalized spacial score (nSPS) is 21.2. The molecule has 0 bridgehead atoms. The Hall–Kier alpha value is -1.53. The van der Waals surface area contributed by atoms with Gasteiger partial charge in [0.15, 0.2) is 0 Å². The summed E-state index contributed by atoms with van der Waals surface area (Å²) >= 11 is 1.69. The summed E-state index contributed by atoms with van der Waals surface area (Å²) < 4.78 is 5.22. The van der Waals surface area contributed by atoms with Crippen molar-refractivity contribution >= 4 is 23.6 Å². The van der Waals surface area contributed by atoms with E-state index in [9.17, 15) is 14.7 Å². The van der Waals surface area contributed by atoms with Crippen LogP contribution in [-0.4, -0.2) is 54.4 Å². The van der Waals surface area contributed by atoms with E-state index in [1.165, 1.54) is 4.90 Å². The number of carboxylic acid groups (broad SMARTS) is 1. The van der Waals surface area contributed by atoms with Crippen LogP contribution in [0.4, 0.5) is 0 Å². The van der Waals surface area contributed by atoms with Crippen molar-refractivity contribution in [3.8, 4) is 0 Å². The Morgan fingerprint density at radius 1 is 1.43 bits per heavy atom. The smallest absolute Gasteiger partial charge is 0.311 e. The van der Waals surface area contributed by atoms with E-state index in [0.29, 0.717) is 5.56 Å². The second-order valence-corrected chi connectivity index (χ2v) is 5.97. The predicted octanol–water partition coefficient (Wildman–Crippen LogP) is 1.72. The number of thioether (sulfide) groups is 1. The minimum Gasteiger partial charge on any atom is -0.481 e. The molecule has 0 spiro atoms. The molecule has 1 aliphatic heterocycles. The molecule has 1 saturated heterocycles. The second kappa shape index (κ2) is 6.95. The van der Waals surface area contributed by atoms with Crippen molar-refractivity contribution in [3.63, 3.8) is 0 Å². The average molecular weight is 309 g/mol. The molecule has 21 heavy (non-hydrogen) atoms. The zero-order valence-corrected chi connectivity index (χ0v) is 12.9. The largest absolute Gasteiger partial charge is 0.481 e. The molecular weight excluding hydrogens is 290 g/mol. The molecule has 0 aliphatic carbocycles. The van der Waals surface area contributed by atoms with Crippen molar-refractivity contribution < 1.29 is 19.4 Å². The van der Waals surface area contributed by atoms with Crippen LogP contribution in [-0.2, 0) is 15.3 Å². The summed E-state index contributed by atoms with van der Waals surface area (Å²) in [6.45, 7) is 0.424. The second-order valence-electron chi connectivity index (χ2n) is 5.10. The van der Waals surface area contributed by atoms with Crippen LogP contribution in [0, 0.1) is 5.92 Å². The third kappa shape index (κ3) is 3.57. The molecule has 2 unspecified atom stereocenters. The summed E-state index contributed by atoms with van der Waals surface area (Å²) in [4.78, 5) is 25.2. The first-order valence-electron chi connectivity index (χ1n) is 6.70. The molecule has 1 heterocycles. The highest BCUT2D eigenvalue weighted by Crippen LogP contribution is 2.21. The van der Waals surface area contributed by atoms with E-state index < -0.39 is 17.9 Å². The van der Waals surface area contributed by atoms with Gasteiger partial charge in [-0.1, -0.05) is 12.1 Å². The van der Waals surface area contributed by atoms with Crippen LogP contribution < -0.4 is 0 Å². The van der Waals surface area contributed by atoms with Gasteiger partial charge < -0.3 is 14.7 Å². The molecule has 1 N–H and O–H groups in total. The number of hydrogen-bond acceptors (Lipinski definition) is 4. The fourth-order valence-electron chi connectivity index (χ4n) is 2.48. The Morgan fingerprint density at radius 2 is 2.19 bits per heavy atom. The van der Waals surface area contributed by atoms with Crippen LogP contribution >= 0.6 is 11.8 Å². The maximum absolute atomic E-state index is 12.5. The monoisotopic (exact) mass is 309 g/mol. The highest BCUT2D eigenvalue weighted by molar-refractivity contribution is 7.97. The van der Waals surface area contributed by atoms with Crippen molar-refractivity contribution in [2.24, 2.45) is 5.92 Å². The van der Waals surface area contributed by atoms with E-state index in [1.807, 2.05) is 24.5 Å². The lowest BCUT2D eigenvalue weighted by molar-refractivity contribution is -0.142. The molecule has 0 saturated carbocycles. The molecule has 1 aromatic carbocycles. The number of carbonyl (C=O) groups is 2. The van der Waals surface area contributed by atoms with E-state index >= 15 is 0 Å².